The van der Waals surface area contributed by atoms with Gasteiger partial charge in [-0.25, -0.2) is 0 Å². The highest BCUT2D eigenvalue weighted by Gasteiger charge is 2.67. The van der Waals surface area contributed by atoms with Gasteiger partial charge in [0.1, 0.15) is 36.6 Å². The normalized spacial score (nSPS) is 39.1. The van der Waals surface area contributed by atoms with E-state index in [9.17, 15) is 66.4 Å². The van der Waals surface area contributed by atoms with Crippen LogP contribution in [0.5, 0.6) is 0 Å². The molecule has 0 amide bonds. The van der Waals surface area contributed by atoms with Gasteiger partial charge in [-0.2, -0.15) is 0 Å². The summed E-state index contributed by atoms with van der Waals surface area (Å²) in [6.07, 6.45) is -7.27. The Bertz CT molecular complexity index is 1720. The predicted octanol–water partition coefficient (Wildman–Crippen LogP) is 3.86. The maximum absolute atomic E-state index is 11.6. The zero-order valence-corrected chi connectivity index (χ0v) is 40.6. The molecule has 18 unspecified atom stereocenters. The van der Waals surface area contributed by atoms with Crippen molar-refractivity contribution >= 4 is 0 Å². The van der Waals surface area contributed by atoms with Crippen molar-refractivity contribution < 1.29 is 85.3 Å². The average molecular weight is 945 g/mol. The van der Waals surface area contributed by atoms with Crippen LogP contribution in [0.1, 0.15) is 133 Å². The molecule has 17 heteroatoms. The molecule has 17 nitrogen and oxygen atoms in total. The Morgan fingerprint density at radius 2 is 1.44 bits per heavy atom. The third kappa shape index (κ3) is 10.5. The SMILES string of the molecule is CC(CCC(OC(O)/C(OC(O)/C(O)=C(\O)C(O)CCO)=C(/O)C(O)CCOC1OC(CO)C(O)C(O)C1O)C(C)(C)O)C1CCC2(C)C3CC=C4C(CCC(C)C4(C)C)C3(C)CCC12C. The highest BCUT2D eigenvalue weighted by atomic mass is 16.7. The first-order chi connectivity index (χ1) is 30.6. The molecule has 5 rings (SSSR count). The summed E-state index contributed by atoms with van der Waals surface area (Å²) in [4.78, 5) is 0. The van der Waals surface area contributed by atoms with E-state index in [1.807, 2.05) is 0 Å². The fourth-order valence-corrected chi connectivity index (χ4v) is 13.0. The number of ether oxygens (including phenoxy) is 4. The lowest BCUT2D eigenvalue weighted by atomic mass is 9.38. The van der Waals surface area contributed by atoms with Gasteiger partial charge in [0.15, 0.2) is 23.6 Å². The highest BCUT2D eigenvalue weighted by Crippen LogP contribution is 2.75. The molecule has 5 aliphatic rings. The van der Waals surface area contributed by atoms with Crippen LogP contribution < -0.4 is 0 Å². The van der Waals surface area contributed by atoms with Crippen molar-refractivity contribution in [2.45, 2.75) is 200 Å². The van der Waals surface area contributed by atoms with Crippen LogP contribution in [0, 0.1) is 51.2 Å². The Hall–Kier alpha value is -2.10. The van der Waals surface area contributed by atoms with Crippen molar-refractivity contribution in [3.05, 3.63) is 34.7 Å². The minimum absolute atomic E-state index is 0.0597. The fourth-order valence-electron chi connectivity index (χ4n) is 13.0. The van der Waals surface area contributed by atoms with Crippen LogP contribution in [-0.2, 0) is 18.9 Å². The fraction of sp³-hybridized carbons (Fsp3) is 0.878. The number of aliphatic hydroxyl groups is 13. The summed E-state index contributed by atoms with van der Waals surface area (Å²) in [5, 5.41) is 136. The molecule has 1 saturated heterocycles. The van der Waals surface area contributed by atoms with E-state index in [2.05, 4.69) is 54.5 Å². The molecule has 0 aromatic carbocycles. The molecule has 13 N–H and O–H groups in total. The first-order valence-corrected chi connectivity index (χ1v) is 24.2. The highest BCUT2D eigenvalue weighted by molar-refractivity contribution is 5.30. The molecule has 4 aliphatic carbocycles. The Labute approximate surface area is 390 Å². The number of rotatable bonds is 20. The molecule has 0 aromatic heterocycles. The van der Waals surface area contributed by atoms with Gasteiger partial charge in [-0.1, -0.05) is 60.1 Å². The predicted molar refractivity (Wildman–Crippen MR) is 241 cm³/mol. The van der Waals surface area contributed by atoms with Gasteiger partial charge in [0.05, 0.1) is 24.9 Å². The average Bonchev–Trinajstić information content (AvgIpc) is 3.54. The van der Waals surface area contributed by atoms with Gasteiger partial charge >= 0.3 is 0 Å². The number of aliphatic hydroxyl groups excluding tert-OH is 12. The summed E-state index contributed by atoms with van der Waals surface area (Å²) in [7, 11) is 0. The lowest BCUT2D eigenvalue weighted by Crippen LogP contribution is -2.59. The summed E-state index contributed by atoms with van der Waals surface area (Å²) in [5.41, 5.74) is 0.676. The van der Waals surface area contributed by atoms with Crippen molar-refractivity contribution in [3.63, 3.8) is 0 Å². The van der Waals surface area contributed by atoms with Gasteiger partial charge in [0.2, 0.25) is 12.0 Å². The number of hydrogen-bond acceptors (Lipinski definition) is 17. The van der Waals surface area contributed by atoms with Crippen molar-refractivity contribution in [2.75, 3.05) is 19.8 Å². The summed E-state index contributed by atoms with van der Waals surface area (Å²) in [6.45, 7) is 18.2. The van der Waals surface area contributed by atoms with Crippen LogP contribution in [0.25, 0.3) is 0 Å². The summed E-state index contributed by atoms with van der Waals surface area (Å²) >= 11 is 0. The van der Waals surface area contributed by atoms with Gasteiger partial charge < -0.3 is 85.3 Å². The first kappa shape index (κ1) is 54.8. The maximum Gasteiger partial charge on any atom is 0.259 e. The lowest BCUT2D eigenvalue weighted by molar-refractivity contribution is -0.301. The van der Waals surface area contributed by atoms with Crippen LogP contribution in [0.2, 0.25) is 0 Å². The quantitative estimate of drug-likeness (QED) is 0.0468. The third-order valence-corrected chi connectivity index (χ3v) is 17.9. The molecule has 0 spiro atoms. The minimum Gasteiger partial charge on any atom is -0.506 e. The maximum atomic E-state index is 11.6. The van der Waals surface area contributed by atoms with Crippen molar-refractivity contribution in [3.8, 4) is 0 Å². The smallest absolute Gasteiger partial charge is 0.259 e. The second kappa shape index (κ2) is 21.1. The van der Waals surface area contributed by atoms with Gasteiger partial charge in [-0.3, -0.25) is 0 Å². The summed E-state index contributed by atoms with van der Waals surface area (Å²) < 4.78 is 22.0. The molecule has 66 heavy (non-hydrogen) atoms. The number of allylic oxidation sites excluding steroid dienone is 2. The van der Waals surface area contributed by atoms with Crippen LogP contribution in [0.3, 0.4) is 0 Å². The van der Waals surface area contributed by atoms with Gasteiger partial charge in [-0.15, -0.1) is 0 Å². The van der Waals surface area contributed by atoms with E-state index in [0.717, 1.165) is 25.7 Å². The molecule has 1 aliphatic heterocycles. The van der Waals surface area contributed by atoms with Crippen LogP contribution in [0.4, 0.5) is 0 Å². The monoisotopic (exact) mass is 945 g/mol. The zero-order chi connectivity index (χ0) is 49.5. The number of fused-ring (bicyclic) bond motifs is 5. The Morgan fingerprint density at radius 3 is 2.06 bits per heavy atom. The third-order valence-electron chi connectivity index (χ3n) is 17.9. The lowest BCUT2D eigenvalue weighted by Gasteiger charge is -2.66. The van der Waals surface area contributed by atoms with E-state index >= 15 is 0 Å². The molecule has 4 fully saturated rings. The largest absolute Gasteiger partial charge is 0.506 e. The van der Waals surface area contributed by atoms with Gasteiger partial charge in [0, 0.05) is 19.4 Å². The summed E-state index contributed by atoms with van der Waals surface area (Å²) in [6, 6.07) is 0. The van der Waals surface area contributed by atoms with Crippen LogP contribution >= 0.6 is 0 Å². The molecule has 0 bridgehead atoms. The van der Waals surface area contributed by atoms with E-state index in [4.69, 9.17) is 18.9 Å². The Morgan fingerprint density at radius 1 is 0.788 bits per heavy atom. The van der Waals surface area contributed by atoms with Crippen LogP contribution in [-0.4, -0.2) is 153 Å². The molecular weight excluding hydrogens is 861 g/mol. The minimum atomic E-state index is -2.57. The number of hydrogen-bond donors (Lipinski definition) is 13. The van der Waals surface area contributed by atoms with Crippen LogP contribution in [0.15, 0.2) is 34.7 Å². The second-order valence-corrected chi connectivity index (χ2v) is 22.3. The Balaban J connectivity index is 1.33. The molecule has 1 heterocycles. The van der Waals surface area contributed by atoms with E-state index in [1.165, 1.54) is 33.1 Å². The van der Waals surface area contributed by atoms with Crippen molar-refractivity contribution in [1.82, 2.24) is 0 Å². The van der Waals surface area contributed by atoms with Crippen molar-refractivity contribution in [1.29, 1.82) is 0 Å². The van der Waals surface area contributed by atoms with Gasteiger partial charge in [-0.05, 0) is 123 Å². The molecule has 382 valence electrons. The van der Waals surface area contributed by atoms with E-state index in [-0.39, 0.29) is 34.0 Å². The molecule has 3 saturated carbocycles. The summed E-state index contributed by atoms with van der Waals surface area (Å²) in [5.74, 6) is -2.35. The topological polar surface area (TPSA) is 300 Å². The molecular formula is C49H84O17. The second-order valence-electron chi connectivity index (χ2n) is 22.3. The zero-order valence-electron chi connectivity index (χ0n) is 40.6. The standard InChI is InChI=1S/C49H84O17/c1-25(27-16-19-49(9)33-14-13-28-29(12-11-26(2)45(28,3)4)47(33,7)20-21-48(27,49)8)10-15-34(46(5,6)62)65-43(61)41(66-42(60)39(58)35(54)30(52)17-22-50)36(55)31(53)18-23-63-44-40(59)38(57)37(56)32(24-51)64-44/h13,25-27,29-34,37-38,40,42-44,50-62H,10-12,14-24H2,1-9H3/b39-35+,41-36-. The van der Waals surface area contributed by atoms with E-state index in [0.29, 0.717) is 30.1 Å². The van der Waals surface area contributed by atoms with E-state index in [1.54, 1.807) is 5.57 Å². The molecule has 18 atom stereocenters. The molecule has 0 aromatic rings. The first-order valence-electron chi connectivity index (χ1n) is 24.2. The molecule has 0 radical (unpaired) electrons. The van der Waals surface area contributed by atoms with Gasteiger partial charge in [0.25, 0.3) is 6.29 Å². The Kier molecular flexibility index (Phi) is 17.5. The van der Waals surface area contributed by atoms with Crippen molar-refractivity contribution in [2.24, 2.45) is 51.2 Å². The van der Waals surface area contributed by atoms with E-state index < -0.39 is 123 Å².